The average Bonchev–Trinajstić information content (AvgIpc) is 3.09. The first kappa shape index (κ1) is 17.9. The Morgan fingerprint density at radius 3 is 2.27 bits per heavy atom. The maximum absolute atomic E-state index is 12.5. The molecule has 0 saturated carbocycles. The fraction of sp³-hybridized carbons (Fsp3) is 0.0500. The largest absolute Gasteiger partial charge is 0.416 e. The molecule has 1 heterocycles. The zero-order chi connectivity index (χ0) is 18.6. The molecule has 0 radical (unpaired) electrons. The number of benzene rings is 2. The molecule has 2 nitrogen and oxygen atoms in total. The summed E-state index contributed by atoms with van der Waals surface area (Å²) in [4.78, 5) is 13.9. The average molecular weight is 373 g/mol. The van der Waals surface area contributed by atoms with Crippen LogP contribution in [0.25, 0.3) is 16.5 Å². The summed E-state index contributed by atoms with van der Waals surface area (Å²) in [5.74, 6) is -0.403. The Labute approximate surface area is 152 Å². The van der Waals surface area contributed by atoms with Crippen LogP contribution in [0.5, 0.6) is 0 Å². The second-order valence-electron chi connectivity index (χ2n) is 5.47. The molecule has 1 N–H and O–H groups in total. The van der Waals surface area contributed by atoms with Crippen LogP contribution < -0.4 is 5.32 Å². The molecule has 0 aliphatic carbocycles. The van der Waals surface area contributed by atoms with Gasteiger partial charge in [0.05, 0.1) is 5.56 Å². The van der Waals surface area contributed by atoms with E-state index in [2.05, 4.69) is 5.32 Å². The highest BCUT2D eigenvalue weighted by atomic mass is 32.1. The minimum absolute atomic E-state index is 0.309. The zero-order valence-corrected chi connectivity index (χ0v) is 14.3. The molecule has 6 heteroatoms. The lowest BCUT2D eigenvalue weighted by molar-refractivity contribution is -0.137. The number of amides is 1. The summed E-state index contributed by atoms with van der Waals surface area (Å²) in [5, 5.41) is 2.54. The molecule has 3 rings (SSSR count). The topological polar surface area (TPSA) is 29.1 Å². The van der Waals surface area contributed by atoms with E-state index in [0.717, 1.165) is 27.5 Å². The molecular formula is C20H14F3NOS. The molecular weight excluding hydrogens is 359 g/mol. The van der Waals surface area contributed by atoms with Crippen molar-refractivity contribution >= 4 is 29.0 Å². The van der Waals surface area contributed by atoms with Gasteiger partial charge in [0.25, 0.3) is 0 Å². The Morgan fingerprint density at radius 2 is 1.62 bits per heavy atom. The van der Waals surface area contributed by atoms with Crippen LogP contribution in [0, 0.1) is 0 Å². The van der Waals surface area contributed by atoms with Gasteiger partial charge in [-0.15, -0.1) is 11.3 Å². The number of rotatable bonds is 4. The molecule has 132 valence electrons. The lowest BCUT2D eigenvalue weighted by Gasteiger charge is -2.07. The van der Waals surface area contributed by atoms with Gasteiger partial charge >= 0.3 is 6.18 Å². The number of carbonyl (C=O) groups is 1. The Balaban J connectivity index is 1.62. The van der Waals surface area contributed by atoms with Crippen molar-refractivity contribution in [1.29, 1.82) is 0 Å². The van der Waals surface area contributed by atoms with Crippen molar-refractivity contribution in [3.63, 3.8) is 0 Å². The molecule has 2 aromatic carbocycles. The van der Waals surface area contributed by atoms with E-state index in [1.807, 2.05) is 42.5 Å². The van der Waals surface area contributed by atoms with Gasteiger partial charge in [0.2, 0.25) is 5.91 Å². The molecule has 0 aliphatic heterocycles. The monoisotopic (exact) mass is 373 g/mol. The Morgan fingerprint density at radius 1 is 0.923 bits per heavy atom. The second-order valence-corrected chi connectivity index (χ2v) is 6.58. The van der Waals surface area contributed by atoms with Crippen molar-refractivity contribution < 1.29 is 18.0 Å². The van der Waals surface area contributed by atoms with Crippen LogP contribution in [-0.4, -0.2) is 5.91 Å². The van der Waals surface area contributed by atoms with Crippen molar-refractivity contribution in [2.45, 2.75) is 6.18 Å². The van der Waals surface area contributed by atoms with Gasteiger partial charge in [0.15, 0.2) is 0 Å². The maximum Gasteiger partial charge on any atom is 0.416 e. The molecule has 0 spiro atoms. The van der Waals surface area contributed by atoms with E-state index in [9.17, 15) is 18.0 Å². The van der Waals surface area contributed by atoms with E-state index in [4.69, 9.17) is 0 Å². The van der Waals surface area contributed by atoms with Crippen molar-refractivity contribution in [3.8, 4) is 10.4 Å². The highest BCUT2D eigenvalue weighted by molar-refractivity contribution is 7.16. The van der Waals surface area contributed by atoms with Gasteiger partial charge in [-0.1, -0.05) is 30.3 Å². The smallest absolute Gasteiger partial charge is 0.323 e. The number of alkyl halides is 3. The molecule has 0 fully saturated rings. The van der Waals surface area contributed by atoms with Crippen molar-refractivity contribution in [2.75, 3.05) is 5.32 Å². The van der Waals surface area contributed by atoms with Crippen LogP contribution in [0.1, 0.15) is 10.4 Å². The van der Waals surface area contributed by atoms with Crippen LogP contribution >= 0.6 is 11.3 Å². The minimum atomic E-state index is -4.39. The first-order valence-corrected chi connectivity index (χ1v) is 8.55. The van der Waals surface area contributed by atoms with Gasteiger partial charge in [-0.05, 0) is 48.0 Å². The Bertz CT molecular complexity index is 912. The Kier molecular flexibility index (Phi) is 5.23. The number of halogens is 3. The van der Waals surface area contributed by atoms with Crippen LogP contribution in [0.15, 0.2) is 72.8 Å². The zero-order valence-electron chi connectivity index (χ0n) is 13.5. The van der Waals surface area contributed by atoms with E-state index in [-0.39, 0.29) is 0 Å². The van der Waals surface area contributed by atoms with Crippen molar-refractivity contribution in [2.24, 2.45) is 0 Å². The highest BCUT2D eigenvalue weighted by Crippen LogP contribution is 2.30. The first-order valence-electron chi connectivity index (χ1n) is 7.73. The van der Waals surface area contributed by atoms with Crippen LogP contribution in [0.2, 0.25) is 0 Å². The summed E-state index contributed by atoms with van der Waals surface area (Å²) in [6.45, 7) is 0. The molecule has 1 aromatic heterocycles. The molecule has 0 bridgehead atoms. The van der Waals surface area contributed by atoms with E-state index >= 15 is 0 Å². The SMILES string of the molecule is O=C(/C=C/c1ccc(-c2ccccc2)s1)Nc1ccc(C(F)(F)F)cc1. The lowest BCUT2D eigenvalue weighted by atomic mass is 10.2. The molecule has 3 aromatic rings. The number of carbonyl (C=O) groups excluding carboxylic acids is 1. The molecule has 0 atom stereocenters. The van der Waals surface area contributed by atoms with E-state index < -0.39 is 17.6 Å². The van der Waals surface area contributed by atoms with Gasteiger partial charge in [0.1, 0.15) is 0 Å². The van der Waals surface area contributed by atoms with E-state index in [1.54, 1.807) is 17.4 Å². The fourth-order valence-electron chi connectivity index (χ4n) is 2.28. The fourth-order valence-corrected chi connectivity index (χ4v) is 3.20. The Hall–Kier alpha value is -2.86. The van der Waals surface area contributed by atoms with Crippen LogP contribution in [0.4, 0.5) is 18.9 Å². The number of nitrogens with one attached hydrogen (secondary N) is 1. The van der Waals surface area contributed by atoms with Gasteiger partial charge in [-0.3, -0.25) is 4.79 Å². The van der Waals surface area contributed by atoms with E-state index in [1.165, 1.54) is 18.2 Å². The highest BCUT2D eigenvalue weighted by Gasteiger charge is 2.29. The summed E-state index contributed by atoms with van der Waals surface area (Å²) < 4.78 is 37.6. The summed E-state index contributed by atoms with van der Waals surface area (Å²) in [6.07, 6.45) is -1.35. The predicted octanol–water partition coefficient (Wildman–Crippen LogP) is 6.09. The predicted molar refractivity (Wildman–Crippen MR) is 98.9 cm³/mol. The normalized spacial score (nSPS) is 11.7. The van der Waals surface area contributed by atoms with Gasteiger partial charge in [-0.2, -0.15) is 13.2 Å². The van der Waals surface area contributed by atoms with Crippen LogP contribution in [0.3, 0.4) is 0 Å². The van der Waals surface area contributed by atoms with Crippen LogP contribution in [-0.2, 0) is 11.0 Å². The third-order valence-electron chi connectivity index (χ3n) is 3.56. The summed E-state index contributed by atoms with van der Waals surface area (Å²) in [7, 11) is 0. The summed E-state index contributed by atoms with van der Waals surface area (Å²) >= 11 is 1.55. The molecule has 0 saturated heterocycles. The van der Waals surface area contributed by atoms with Crippen molar-refractivity contribution in [3.05, 3.63) is 83.2 Å². The third-order valence-corrected chi connectivity index (χ3v) is 4.66. The minimum Gasteiger partial charge on any atom is -0.323 e. The second kappa shape index (κ2) is 7.58. The van der Waals surface area contributed by atoms with Gasteiger partial charge in [-0.25, -0.2) is 0 Å². The van der Waals surface area contributed by atoms with Gasteiger partial charge < -0.3 is 5.32 Å². The molecule has 0 aliphatic rings. The quantitative estimate of drug-likeness (QED) is 0.551. The van der Waals surface area contributed by atoms with Gasteiger partial charge in [0, 0.05) is 21.5 Å². The summed E-state index contributed by atoms with van der Waals surface area (Å²) in [6, 6.07) is 18.1. The first-order chi connectivity index (χ1) is 12.4. The van der Waals surface area contributed by atoms with Crippen molar-refractivity contribution in [1.82, 2.24) is 0 Å². The number of hydrogen-bond donors (Lipinski definition) is 1. The number of thiophene rings is 1. The number of anilines is 1. The number of hydrogen-bond acceptors (Lipinski definition) is 2. The van der Waals surface area contributed by atoms with E-state index in [0.29, 0.717) is 5.69 Å². The third kappa shape index (κ3) is 4.61. The summed E-state index contributed by atoms with van der Waals surface area (Å²) in [5.41, 5.74) is 0.660. The maximum atomic E-state index is 12.5. The molecule has 26 heavy (non-hydrogen) atoms. The molecule has 1 amide bonds. The lowest BCUT2D eigenvalue weighted by Crippen LogP contribution is -2.09. The standard InChI is InChI=1S/C20H14F3NOS/c21-20(22,23)15-6-8-16(9-7-15)24-19(25)13-11-17-10-12-18(26-17)14-4-2-1-3-5-14/h1-13H,(H,24,25)/b13-11+. The molecule has 0 unspecified atom stereocenters.